The lowest BCUT2D eigenvalue weighted by atomic mass is 10.0. The van der Waals surface area contributed by atoms with E-state index in [2.05, 4.69) is 48.0 Å². The van der Waals surface area contributed by atoms with E-state index in [0.717, 1.165) is 6.42 Å². The summed E-state index contributed by atoms with van der Waals surface area (Å²) in [5.41, 5.74) is 3.68. The Balaban J connectivity index is 2.68. The standard InChI is InChI=1S/C12H15BrO2/c1-8-3-4-10(9(2)5-8)6-11(13)7-12(14)15/h3-5,11H,6-7H2,1-2H3,(H,14,15). The fourth-order valence-corrected chi connectivity index (χ4v) is 2.20. The van der Waals surface area contributed by atoms with Crippen LogP contribution in [0.5, 0.6) is 0 Å². The summed E-state index contributed by atoms with van der Waals surface area (Å²) in [4.78, 5) is 10.5. The molecule has 1 unspecified atom stereocenters. The van der Waals surface area contributed by atoms with E-state index >= 15 is 0 Å². The molecule has 0 heterocycles. The van der Waals surface area contributed by atoms with Crippen molar-refractivity contribution in [3.05, 3.63) is 34.9 Å². The third-order valence-electron chi connectivity index (χ3n) is 2.34. The molecule has 1 aromatic carbocycles. The third kappa shape index (κ3) is 4.04. The number of carboxylic acid groups (broad SMARTS) is 1. The Bertz CT molecular complexity index is 361. The van der Waals surface area contributed by atoms with Crippen molar-refractivity contribution in [1.29, 1.82) is 0 Å². The molecule has 15 heavy (non-hydrogen) atoms. The van der Waals surface area contributed by atoms with Gasteiger partial charge in [0.15, 0.2) is 0 Å². The van der Waals surface area contributed by atoms with Crippen molar-refractivity contribution in [3.63, 3.8) is 0 Å². The van der Waals surface area contributed by atoms with Crippen LogP contribution in [0.25, 0.3) is 0 Å². The monoisotopic (exact) mass is 270 g/mol. The largest absolute Gasteiger partial charge is 0.481 e. The quantitative estimate of drug-likeness (QED) is 0.854. The average molecular weight is 271 g/mol. The van der Waals surface area contributed by atoms with Gasteiger partial charge in [0.05, 0.1) is 6.42 Å². The number of halogens is 1. The van der Waals surface area contributed by atoms with Crippen molar-refractivity contribution in [1.82, 2.24) is 0 Å². The van der Waals surface area contributed by atoms with Gasteiger partial charge in [0.1, 0.15) is 0 Å². The van der Waals surface area contributed by atoms with E-state index in [4.69, 9.17) is 5.11 Å². The van der Waals surface area contributed by atoms with Gasteiger partial charge in [-0.2, -0.15) is 0 Å². The molecule has 0 spiro atoms. The molecule has 0 bridgehead atoms. The Morgan fingerprint density at radius 1 is 1.47 bits per heavy atom. The van der Waals surface area contributed by atoms with Crippen molar-refractivity contribution in [3.8, 4) is 0 Å². The molecule has 1 N–H and O–H groups in total. The van der Waals surface area contributed by atoms with E-state index in [9.17, 15) is 4.79 Å². The molecule has 0 amide bonds. The van der Waals surface area contributed by atoms with Crippen LogP contribution in [0.3, 0.4) is 0 Å². The maximum absolute atomic E-state index is 10.5. The molecule has 0 aromatic heterocycles. The van der Waals surface area contributed by atoms with Crippen molar-refractivity contribution < 1.29 is 9.90 Å². The average Bonchev–Trinajstić information content (AvgIpc) is 2.08. The highest BCUT2D eigenvalue weighted by molar-refractivity contribution is 9.09. The minimum absolute atomic E-state index is 0.0106. The molecular formula is C12H15BrO2. The zero-order chi connectivity index (χ0) is 11.4. The second-order valence-corrected chi connectivity index (χ2v) is 5.12. The molecule has 1 rings (SSSR count). The minimum Gasteiger partial charge on any atom is -0.481 e. The van der Waals surface area contributed by atoms with Crippen LogP contribution in [0.2, 0.25) is 0 Å². The summed E-state index contributed by atoms with van der Waals surface area (Å²) in [5, 5.41) is 8.65. The van der Waals surface area contributed by atoms with Gasteiger partial charge in [-0.1, -0.05) is 39.7 Å². The number of hydrogen-bond donors (Lipinski definition) is 1. The summed E-state index contributed by atoms with van der Waals surface area (Å²) in [6.45, 7) is 4.11. The van der Waals surface area contributed by atoms with Crippen LogP contribution >= 0.6 is 15.9 Å². The lowest BCUT2D eigenvalue weighted by Gasteiger charge is -2.10. The number of benzene rings is 1. The first-order chi connectivity index (χ1) is 6.99. The molecular weight excluding hydrogens is 256 g/mol. The van der Waals surface area contributed by atoms with Crippen molar-refractivity contribution in [2.75, 3.05) is 0 Å². The minimum atomic E-state index is -0.762. The first kappa shape index (κ1) is 12.2. The molecule has 0 aliphatic heterocycles. The Hall–Kier alpha value is -0.830. The highest BCUT2D eigenvalue weighted by Gasteiger charge is 2.11. The molecule has 1 atom stereocenters. The van der Waals surface area contributed by atoms with E-state index in [1.807, 2.05) is 0 Å². The second kappa shape index (κ2) is 5.31. The summed E-state index contributed by atoms with van der Waals surface area (Å²) >= 11 is 3.39. The third-order valence-corrected chi connectivity index (χ3v) is 2.98. The van der Waals surface area contributed by atoms with Crippen LogP contribution in [0, 0.1) is 13.8 Å². The van der Waals surface area contributed by atoms with Crippen LogP contribution in [0.1, 0.15) is 23.1 Å². The maximum Gasteiger partial charge on any atom is 0.304 e. The molecule has 1 aromatic rings. The number of rotatable bonds is 4. The van der Waals surface area contributed by atoms with E-state index in [-0.39, 0.29) is 11.2 Å². The normalized spacial score (nSPS) is 12.5. The number of aliphatic carboxylic acids is 1. The van der Waals surface area contributed by atoms with Gasteiger partial charge in [-0.15, -0.1) is 0 Å². The van der Waals surface area contributed by atoms with Crippen molar-refractivity contribution in [2.24, 2.45) is 0 Å². The molecule has 2 nitrogen and oxygen atoms in total. The van der Waals surface area contributed by atoms with Crippen LogP contribution in [0.15, 0.2) is 18.2 Å². The van der Waals surface area contributed by atoms with Gasteiger partial charge in [-0.05, 0) is 31.4 Å². The van der Waals surface area contributed by atoms with Crippen molar-refractivity contribution >= 4 is 21.9 Å². The zero-order valence-corrected chi connectivity index (χ0v) is 10.5. The molecule has 0 aliphatic rings. The fourth-order valence-electron chi connectivity index (χ4n) is 1.58. The number of carbonyl (C=O) groups is 1. The van der Waals surface area contributed by atoms with Gasteiger partial charge in [0.25, 0.3) is 0 Å². The van der Waals surface area contributed by atoms with E-state index in [1.165, 1.54) is 16.7 Å². The van der Waals surface area contributed by atoms with Crippen LogP contribution in [0.4, 0.5) is 0 Å². The van der Waals surface area contributed by atoms with E-state index < -0.39 is 5.97 Å². The van der Waals surface area contributed by atoms with Crippen LogP contribution < -0.4 is 0 Å². The zero-order valence-electron chi connectivity index (χ0n) is 8.96. The second-order valence-electron chi connectivity index (χ2n) is 3.83. The smallest absolute Gasteiger partial charge is 0.304 e. The molecule has 0 saturated heterocycles. The first-order valence-electron chi connectivity index (χ1n) is 4.91. The molecule has 0 fully saturated rings. The predicted molar refractivity (Wildman–Crippen MR) is 64.6 cm³/mol. The molecule has 0 aliphatic carbocycles. The predicted octanol–water partition coefficient (Wildman–Crippen LogP) is 3.08. The summed E-state index contributed by atoms with van der Waals surface area (Å²) in [7, 11) is 0. The van der Waals surface area contributed by atoms with Gasteiger partial charge in [-0.3, -0.25) is 4.79 Å². The Morgan fingerprint density at radius 3 is 2.67 bits per heavy atom. The Labute approximate surface area is 98.4 Å². The molecule has 82 valence electrons. The fraction of sp³-hybridized carbons (Fsp3) is 0.417. The number of aryl methyl sites for hydroxylation is 2. The summed E-state index contributed by atoms with van der Waals surface area (Å²) in [6.07, 6.45) is 0.922. The molecule has 0 saturated carbocycles. The summed E-state index contributed by atoms with van der Waals surface area (Å²) < 4.78 is 0. The summed E-state index contributed by atoms with van der Waals surface area (Å²) in [6, 6.07) is 6.25. The van der Waals surface area contributed by atoms with Gasteiger partial charge in [0, 0.05) is 4.83 Å². The Morgan fingerprint density at radius 2 is 2.13 bits per heavy atom. The van der Waals surface area contributed by atoms with Gasteiger partial charge in [-0.25, -0.2) is 0 Å². The van der Waals surface area contributed by atoms with Gasteiger partial charge < -0.3 is 5.11 Å². The molecule has 3 heteroatoms. The van der Waals surface area contributed by atoms with Crippen LogP contribution in [-0.4, -0.2) is 15.9 Å². The van der Waals surface area contributed by atoms with Crippen molar-refractivity contribution in [2.45, 2.75) is 31.5 Å². The highest BCUT2D eigenvalue weighted by Crippen LogP contribution is 2.17. The maximum atomic E-state index is 10.5. The topological polar surface area (TPSA) is 37.3 Å². The summed E-state index contributed by atoms with van der Waals surface area (Å²) in [5.74, 6) is -0.762. The van der Waals surface area contributed by atoms with Gasteiger partial charge >= 0.3 is 5.97 Å². The lowest BCUT2D eigenvalue weighted by Crippen LogP contribution is -2.10. The number of alkyl halides is 1. The highest BCUT2D eigenvalue weighted by atomic mass is 79.9. The lowest BCUT2D eigenvalue weighted by molar-refractivity contribution is -0.136. The first-order valence-corrected chi connectivity index (χ1v) is 5.82. The Kier molecular flexibility index (Phi) is 4.33. The SMILES string of the molecule is Cc1ccc(CC(Br)CC(=O)O)c(C)c1. The van der Waals surface area contributed by atoms with Gasteiger partial charge in [0.2, 0.25) is 0 Å². The molecule has 0 radical (unpaired) electrons. The van der Waals surface area contributed by atoms with E-state index in [1.54, 1.807) is 0 Å². The van der Waals surface area contributed by atoms with E-state index in [0.29, 0.717) is 0 Å². The van der Waals surface area contributed by atoms with Crippen LogP contribution in [-0.2, 0) is 11.2 Å². The number of hydrogen-bond acceptors (Lipinski definition) is 1. The number of carboxylic acids is 1.